The van der Waals surface area contributed by atoms with Crippen LogP contribution in [0.1, 0.15) is 35.8 Å². The van der Waals surface area contributed by atoms with Gasteiger partial charge >= 0.3 is 5.97 Å². The zero-order valence-corrected chi connectivity index (χ0v) is 14.6. The van der Waals surface area contributed by atoms with Crippen LogP contribution >= 0.6 is 11.3 Å². The first-order valence-electron chi connectivity index (χ1n) is 8.07. The van der Waals surface area contributed by atoms with Crippen LogP contribution in [0.2, 0.25) is 0 Å². The summed E-state index contributed by atoms with van der Waals surface area (Å²) in [6.07, 6.45) is 1.25. The number of carbonyl (C=O) groups excluding carboxylic acids is 2. The second-order valence-electron chi connectivity index (χ2n) is 5.98. The van der Waals surface area contributed by atoms with Gasteiger partial charge in [-0.3, -0.25) is 4.79 Å². The number of likely N-dealkylation sites (tertiary alicyclic amines) is 1. The number of aryl methyl sites for hydroxylation is 1. The van der Waals surface area contributed by atoms with Crippen LogP contribution in [0.4, 0.5) is 0 Å². The summed E-state index contributed by atoms with van der Waals surface area (Å²) in [4.78, 5) is 30.5. The summed E-state index contributed by atoms with van der Waals surface area (Å²) in [7, 11) is 0. The van der Waals surface area contributed by atoms with Gasteiger partial charge in [-0.2, -0.15) is 0 Å². The molecule has 24 heavy (non-hydrogen) atoms. The van der Waals surface area contributed by atoms with Crippen LogP contribution in [0.25, 0.3) is 10.6 Å². The van der Waals surface area contributed by atoms with E-state index in [1.165, 1.54) is 16.9 Å². The Morgan fingerprint density at radius 1 is 1.21 bits per heavy atom. The van der Waals surface area contributed by atoms with Gasteiger partial charge in [0, 0.05) is 24.0 Å². The number of benzene rings is 1. The maximum atomic E-state index is 12.2. The van der Waals surface area contributed by atoms with Crippen LogP contribution in [0.5, 0.6) is 0 Å². The van der Waals surface area contributed by atoms with Crippen LogP contribution in [0, 0.1) is 6.92 Å². The molecule has 2 heterocycles. The highest BCUT2D eigenvalue weighted by Gasteiger charge is 2.27. The molecule has 1 aromatic carbocycles. The number of thiazole rings is 1. The SMILES string of the molecule is Cc1ccc(-c2nc(C(=O)OC(C)C(=O)N3CCCC3)cs2)cc1. The average molecular weight is 344 g/mol. The lowest BCUT2D eigenvalue weighted by Gasteiger charge is -2.19. The molecular formula is C18H20N2O3S. The van der Waals surface area contributed by atoms with E-state index in [1.807, 2.05) is 31.2 Å². The molecule has 1 fully saturated rings. The molecule has 1 aromatic heterocycles. The van der Waals surface area contributed by atoms with E-state index in [4.69, 9.17) is 4.74 Å². The van der Waals surface area contributed by atoms with E-state index in [2.05, 4.69) is 4.98 Å². The lowest BCUT2D eigenvalue weighted by molar-refractivity contribution is -0.138. The van der Waals surface area contributed by atoms with Gasteiger partial charge in [-0.15, -0.1) is 11.3 Å². The van der Waals surface area contributed by atoms with Gasteiger partial charge in [0.2, 0.25) is 0 Å². The molecule has 2 aromatic rings. The van der Waals surface area contributed by atoms with E-state index >= 15 is 0 Å². The lowest BCUT2D eigenvalue weighted by atomic mass is 10.2. The van der Waals surface area contributed by atoms with Gasteiger partial charge in [0.25, 0.3) is 5.91 Å². The summed E-state index contributed by atoms with van der Waals surface area (Å²) < 4.78 is 5.29. The van der Waals surface area contributed by atoms with Crippen LogP contribution in [-0.2, 0) is 9.53 Å². The summed E-state index contributed by atoms with van der Waals surface area (Å²) in [5.41, 5.74) is 2.38. The van der Waals surface area contributed by atoms with Crippen molar-refractivity contribution < 1.29 is 14.3 Å². The van der Waals surface area contributed by atoms with Crippen molar-refractivity contribution in [1.82, 2.24) is 9.88 Å². The molecule has 1 atom stereocenters. The number of hydrogen-bond acceptors (Lipinski definition) is 5. The largest absolute Gasteiger partial charge is 0.448 e. The Morgan fingerprint density at radius 2 is 1.88 bits per heavy atom. The Morgan fingerprint density at radius 3 is 2.54 bits per heavy atom. The van der Waals surface area contributed by atoms with Gasteiger partial charge in [0.1, 0.15) is 5.01 Å². The molecule has 1 unspecified atom stereocenters. The first-order valence-corrected chi connectivity index (χ1v) is 8.95. The highest BCUT2D eigenvalue weighted by atomic mass is 32.1. The molecule has 1 saturated heterocycles. The highest BCUT2D eigenvalue weighted by Crippen LogP contribution is 2.24. The van der Waals surface area contributed by atoms with Crippen molar-refractivity contribution in [1.29, 1.82) is 0 Å². The van der Waals surface area contributed by atoms with Crippen molar-refractivity contribution in [3.63, 3.8) is 0 Å². The molecule has 1 aliphatic heterocycles. The third kappa shape index (κ3) is 3.64. The number of nitrogens with zero attached hydrogens (tertiary/aromatic N) is 2. The molecule has 6 heteroatoms. The van der Waals surface area contributed by atoms with E-state index in [-0.39, 0.29) is 11.6 Å². The number of ether oxygens (including phenoxy) is 1. The Balaban J connectivity index is 1.65. The van der Waals surface area contributed by atoms with Crippen molar-refractivity contribution in [3.05, 3.63) is 40.9 Å². The normalized spacial score (nSPS) is 15.3. The molecule has 5 nitrogen and oxygen atoms in total. The molecular weight excluding hydrogens is 324 g/mol. The minimum Gasteiger partial charge on any atom is -0.448 e. The number of amides is 1. The van der Waals surface area contributed by atoms with E-state index < -0.39 is 12.1 Å². The summed E-state index contributed by atoms with van der Waals surface area (Å²) in [6, 6.07) is 7.96. The number of esters is 1. The van der Waals surface area contributed by atoms with Crippen molar-refractivity contribution in [2.24, 2.45) is 0 Å². The summed E-state index contributed by atoms with van der Waals surface area (Å²) in [6.45, 7) is 5.13. The van der Waals surface area contributed by atoms with Gasteiger partial charge in [-0.05, 0) is 26.7 Å². The van der Waals surface area contributed by atoms with Gasteiger partial charge in [-0.1, -0.05) is 29.8 Å². The average Bonchev–Trinajstić information content (AvgIpc) is 3.26. The number of carbonyl (C=O) groups is 2. The van der Waals surface area contributed by atoms with Crippen molar-refractivity contribution in [2.75, 3.05) is 13.1 Å². The predicted molar refractivity (Wildman–Crippen MR) is 93.0 cm³/mol. The van der Waals surface area contributed by atoms with Crippen LogP contribution < -0.4 is 0 Å². The number of aromatic nitrogens is 1. The first-order chi connectivity index (χ1) is 11.5. The van der Waals surface area contributed by atoms with Crippen molar-refractivity contribution in [3.8, 4) is 10.6 Å². The third-order valence-electron chi connectivity index (χ3n) is 4.06. The lowest BCUT2D eigenvalue weighted by Crippen LogP contribution is -2.38. The summed E-state index contributed by atoms with van der Waals surface area (Å²) >= 11 is 1.39. The van der Waals surface area contributed by atoms with Gasteiger partial charge in [0.05, 0.1) is 0 Å². The number of hydrogen-bond donors (Lipinski definition) is 0. The molecule has 0 spiro atoms. The molecule has 126 valence electrons. The fourth-order valence-corrected chi connectivity index (χ4v) is 3.46. The Hall–Kier alpha value is -2.21. The van der Waals surface area contributed by atoms with Crippen LogP contribution in [0.3, 0.4) is 0 Å². The van der Waals surface area contributed by atoms with Crippen molar-refractivity contribution >= 4 is 23.2 Å². The summed E-state index contributed by atoms with van der Waals surface area (Å²) in [5.74, 6) is -0.681. The zero-order valence-electron chi connectivity index (χ0n) is 13.8. The number of rotatable bonds is 4. The molecule has 0 aliphatic carbocycles. The second kappa shape index (κ2) is 7.13. The van der Waals surface area contributed by atoms with Gasteiger partial charge < -0.3 is 9.64 Å². The minimum atomic E-state index is -0.778. The smallest absolute Gasteiger partial charge is 0.358 e. The molecule has 0 saturated carbocycles. The summed E-state index contributed by atoms with van der Waals surface area (Å²) in [5, 5.41) is 2.44. The fourth-order valence-electron chi connectivity index (χ4n) is 2.66. The topological polar surface area (TPSA) is 59.5 Å². The molecule has 0 radical (unpaired) electrons. The molecule has 0 N–H and O–H groups in total. The minimum absolute atomic E-state index is 0.130. The second-order valence-corrected chi connectivity index (χ2v) is 6.84. The Labute approximate surface area is 145 Å². The quantitative estimate of drug-likeness (QED) is 0.799. The van der Waals surface area contributed by atoms with Gasteiger partial charge in [0.15, 0.2) is 11.8 Å². The standard InChI is InChI=1S/C18H20N2O3S/c1-12-5-7-14(8-6-12)16-19-15(11-24-16)18(22)23-13(2)17(21)20-9-3-4-10-20/h5-8,11,13H,3-4,9-10H2,1-2H3. The van der Waals surface area contributed by atoms with E-state index in [0.29, 0.717) is 0 Å². The van der Waals surface area contributed by atoms with Crippen LogP contribution in [0.15, 0.2) is 29.6 Å². The van der Waals surface area contributed by atoms with Gasteiger partial charge in [-0.25, -0.2) is 9.78 Å². The van der Waals surface area contributed by atoms with E-state index in [1.54, 1.807) is 17.2 Å². The maximum Gasteiger partial charge on any atom is 0.358 e. The van der Waals surface area contributed by atoms with E-state index in [9.17, 15) is 9.59 Å². The Bertz CT molecular complexity index is 733. The first kappa shape index (κ1) is 16.6. The van der Waals surface area contributed by atoms with E-state index in [0.717, 1.165) is 36.5 Å². The molecule has 1 aliphatic rings. The Kier molecular flexibility index (Phi) is 4.94. The van der Waals surface area contributed by atoms with Crippen molar-refractivity contribution in [2.45, 2.75) is 32.8 Å². The molecule has 0 bridgehead atoms. The fraction of sp³-hybridized carbons (Fsp3) is 0.389. The molecule has 3 rings (SSSR count). The zero-order chi connectivity index (χ0) is 17.1. The third-order valence-corrected chi connectivity index (χ3v) is 4.95. The highest BCUT2D eigenvalue weighted by molar-refractivity contribution is 7.13. The van der Waals surface area contributed by atoms with Crippen LogP contribution in [-0.4, -0.2) is 41.0 Å². The monoisotopic (exact) mass is 344 g/mol. The molecule has 1 amide bonds. The maximum absolute atomic E-state index is 12.2. The predicted octanol–water partition coefficient (Wildman–Crippen LogP) is 3.29.